The first kappa shape index (κ1) is 23.0. The summed E-state index contributed by atoms with van der Waals surface area (Å²) in [4.78, 5) is 32.0. The van der Waals surface area contributed by atoms with Gasteiger partial charge in [0.25, 0.3) is 5.91 Å². The number of carbonyl (C=O) groups is 1. The number of benzene rings is 1. The molecule has 1 aromatic carbocycles. The van der Waals surface area contributed by atoms with E-state index in [1.807, 2.05) is 42.7 Å². The predicted molar refractivity (Wildman–Crippen MR) is 155 cm³/mol. The summed E-state index contributed by atoms with van der Waals surface area (Å²) >= 11 is 1.75. The largest absolute Gasteiger partial charge is 0.352 e. The summed E-state index contributed by atoms with van der Waals surface area (Å²) in [6.45, 7) is 2.11. The van der Waals surface area contributed by atoms with Gasteiger partial charge < -0.3 is 10.3 Å². The number of carbonyl (C=O) groups excluding carboxylic acids is 1. The van der Waals surface area contributed by atoms with E-state index in [0.717, 1.165) is 50.0 Å². The lowest BCUT2D eigenvalue weighted by Crippen LogP contribution is -2.11. The van der Waals surface area contributed by atoms with Crippen molar-refractivity contribution in [1.29, 1.82) is 0 Å². The van der Waals surface area contributed by atoms with Crippen molar-refractivity contribution < 1.29 is 4.79 Å². The van der Waals surface area contributed by atoms with E-state index in [1.54, 1.807) is 42.1 Å². The van der Waals surface area contributed by atoms with Gasteiger partial charge in [0, 0.05) is 49.6 Å². The van der Waals surface area contributed by atoms with Crippen LogP contribution in [0.15, 0.2) is 91.6 Å². The Kier molecular flexibility index (Phi) is 5.49. The first-order valence-electron chi connectivity index (χ1n) is 12.3. The number of hydrogen-bond donors (Lipinski definition) is 3. The van der Waals surface area contributed by atoms with Gasteiger partial charge >= 0.3 is 0 Å². The molecule has 0 unspecified atom stereocenters. The number of rotatable bonds is 5. The van der Waals surface area contributed by atoms with Gasteiger partial charge in [0.1, 0.15) is 5.69 Å². The fourth-order valence-electron chi connectivity index (χ4n) is 4.68. The van der Waals surface area contributed by atoms with Crippen LogP contribution in [0.2, 0.25) is 0 Å². The number of thiophene rings is 1. The quantitative estimate of drug-likeness (QED) is 0.227. The van der Waals surface area contributed by atoms with Crippen LogP contribution < -0.4 is 5.32 Å². The predicted octanol–water partition coefficient (Wildman–Crippen LogP) is 6.85. The van der Waals surface area contributed by atoms with E-state index < -0.39 is 0 Å². The molecule has 8 nitrogen and oxygen atoms in total. The lowest BCUT2D eigenvalue weighted by atomic mass is 10.1. The molecule has 0 bridgehead atoms. The second-order valence-corrected chi connectivity index (χ2v) is 10.5. The average molecular weight is 528 g/mol. The number of amides is 1. The fourth-order valence-corrected chi connectivity index (χ4v) is 5.57. The van der Waals surface area contributed by atoms with Gasteiger partial charge in [0.15, 0.2) is 0 Å². The molecule has 0 aliphatic heterocycles. The Morgan fingerprint density at radius 3 is 2.59 bits per heavy atom. The Morgan fingerprint density at radius 2 is 1.74 bits per heavy atom. The molecular formula is C30H21N7OS. The third-order valence-corrected chi connectivity index (χ3v) is 7.62. The highest BCUT2D eigenvalue weighted by Gasteiger charge is 2.16. The van der Waals surface area contributed by atoms with Gasteiger partial charge in [-0.1, -0.05) is 18.2 Å². The number of aromatic nitrogens is 6. The minimum absolute atomic E-state index is 0.194. The molecule has 3 N–H and O–H groups in total. The monoisotopic (exact) mass is 527 g/mol. The van der Waals surface area contributed by atoms with Crippen LogP contribution in [0.3, 0.4) is 0 Å². The lowest BCUT2D eigenvalue weighted by molar-refractivity contribution is 0.102. The minimum Gasteiger partial charge on any atom is -0.352 e. The number of aryl methyl sites for hydroxylation is 1. The number of anilines is 1. The topological polar surface area (TPSA) is 112 Å². The van der Waals surface area contributed by atoms with Crippen LogP contribution in [-0.2, 0) is 0 Å². The molecule has 0 aliphatic rings. The molecule has 0 saturated carbocycles. The summed E-state index contributed by atoms with van der Waals surface area (Å²) in [5.74, 6) is -0.194. The SMILES string of the molecule is Cc1ccc(-c2cncc3[nH]c(-c4n[nH]c5cnc(-c6cncc(NC(=O)c7ccccc7)c6)cc45)cc23)s1. The molecule has 0 spiro atoms. The van der Waals surface area contributed by atoms with Crippen LogP contribution in [0, 0.1) is 6.92 Å². The third kappa shape index (κ3) is 4.24. The fraction of sp³-hybridized carbons (Fsp3) is 0.0333. The maximum Gasteiger partial charge on any atom is 0.255 e. The van der Waals surface area contributed by atoms with Crippen molar-refractivity contribution in [1.82, 2.24) is 30.1 Å². The molecule has 7 aromatic rings. The number of nitrogens with zero attached hydrogens (tertiary/aromatic N) is 4. The molecule has 6 heterocycles. The first-order valence-corrected chi connectivity index (χ1v) is 13.1. The molecule has 0 radical (unpaired) electrons. The van der Waals surface area contributed by atoms with Crippen LogP contribution in [0.1, 0.15) is 15.2 Å². The van der Waals surface area contributed by atoms with E-state index in [-0.39, 0.29) is 5.91 Å². The second-order valence-electron chi connectivity index (χ2n) is 9.21. The summed E-state index contributed by atoms with van der Waals surface area (Å²) < 4.78 is 0. The van der Waals surface area contributed by atoms with Gasteiger partial charge in [0.05, 0.1) is 46.7 Å². The number of aromatic amines is 2. The molecule has 39 heavy (non-hydrogen) atoms. The van der Waals surface area contributed by atoms with E-state index in [2.05, 4.69) is 60.6 Å². The summed E-state index contributed by atoms with van der Waals surface area (Å²) in [6.07, 6.45) is 8.87. The Morgan fingerprint density at radius 1 is 0.872 bits per heavy atom. The van der Waals surface area contributed by atoms with Crippen LogP contribution in [0.25, 0.3) is 54.9 Å². The lowest BCUT2D eigenvalue weighted by Gasteiger charge is -2.07. The van der Waals surface area contributed by atoms with E-state index in [1.165, 1.54) is 9.75 Å². The van der Waals surface area contributed by atoms with Gasteiger partial charge in [-0.15, -0.1) is 11.3 Å². The molecule has 6 aromatic heterocycles. The number of pyridine rings is 3. The Labute approximate surface area is 226 Å². The summed E-state index contributed by atoms with van der Waals surface area (Å²) in [6, 6.07) is 19.3. The maximum absolute atomic E-state index is 12.6. The van der Waals surface area contributed by atoms with Crippen LogP contribution in [0.5, 0.6) is 0 Å². The number of nitrogens with one attached hydrogen (secondary N) is 3. The third-order valence-electron chi connectivity index (χ3n) is 6.58. The van der Waals surface area contributed by atoms with Crippen molar-refractivity contribution in [2.24, 2.45) is 0 Å². The van der Waals surface area contributed by atoms with Crippen molar-refractivity contribution in [3.05, 3.63) is 102 Å². The standard InChI is InChI=1S/C30H21N7OS/c1-17-7-8-28(39-17)23-14-32-15-26-21(23)10-25(35-26)29-22-11-24(33-16-27(22)36-37-29)19-9-20(13-31-12-19)34-30(38)18-5-3-2-4-6-18/h2-16,35H,1H3,(H,34,38)(H,36,37). The number of H-pyrrole nitrogens is 2. The average Bonchev–Trinajstić information content (AvgIpc) is 3.71. The van der Waals surface area contributed by atoms with Gasteiger partial charge in [0.2, 0.25) is 0 Å². The van der Waals surface area contributed by atoms with Gasteiger partial charge in [-0.2, -0.15) is 5.10 Å². The zero-order chi connectivity index (χ0) is 26.3. The first-order chi connectivity index (χ1) is 19.1. The van der Waals surface area contributed by atoms with Crippen LogP contribution in [-0.4, -0.2) is 36.0 Å². The number of hydrogen-bond acceptors (Lipinski definition) is 6. The summed E-state index contributed by atoms with van der Waals surface area (Å²) in [5.41, 5.74) is 7.22. The highest BCUT2D eigenvalue weighted by Crippen LogP contribution is 2.36. The Hall–Kier alpha value is -5.15. The molecule has 1 amide bonds. The molecular weight excluding hydrogens is 506 g/mol. The Balaban J connectivity index is 1.25. The van der Waals surface area contributed by atoms with Crippen LogP contribution in [0.4, 0.5) is 5.69 Å². The minimum atomic E-state index is -0.194. The number of fused-ring (bicyclic) bond motifs is 2. The zero-order valence-corrected chi connectivity index (χ0v) is 21.6. The summed E-state index contributed by atoms with van der Waals surface area (Å²) in [7, 11) is 0. The van der Waals surface area contributed by atoms with E-state index >= 15 is 0 Å². The molecule has 0 atom stereocenters. The van der Waals surface area contributed by atoms with E-state index in [4.69, 9.17) is 0 Å². The van der Waals surface area contributed by atoms with E-state index in [0.29, 0.717) is 11.3 Å². The van der Waals surface area contributed by atoms with Crippen molar-refractivity contribution >= 4 is 44.7 Å². The van der Waals surface area contributed by atoms with Gasteiger partial charge in [-0.3, -0.25) is 24.8 Å². The van der Waals surface area contributed by atoms with Gasteiger partial charge in [-0.05, 0) is 49.4 Å². The molecule has 0 fully saturated rings. The van der Waals surface area contributed by atoms with Crippen molar-refractivity contribution in [2.75, 3.05) is 5.32 Å². The Bertz CT molecular complexity index is 1990. The van der Waals surface area contributed by atoms with Crippen molar-refractivity contribution in [3.8, 4) is 33.1 Å². The second kappa shape index (κ2) is 9.30. The molecule has 9 heteroatoms. The van der Waals surface area contributed by atoms with E-state index in [9.17, 15) is 4.79 Å². The van der Waals surface area contributed by atoms with Crippen molar-refractivity contribution in [3.63, 3.8) is 0 Å². The smallest absolute Gasteiger partial charge is 0.255 e. The molecule has 188 valence electrons. The van der Waals surface area contributed by atoms with Crippen molar-refractivity contribution in [2.45, 2.75) is 6.92 Å². The summed E-state index contributed by atoms with van der Waals surface area (Å²) in [5, 5.41) is 12.6. The highest BCUT2D eigenvalue weighted by molar-refractivity contribution is 7.15. The normalized spacial score (nSPS) is 11.3. The zero-order valence-electron chi connectivity index (χ0n) is 20.8. The molecule has 0 aliphatic carbocycles. The molecule has 0 saturated heterocycles. The molecule has 7 rings (SSSR count). The maximum atomic E-state index is 12.6. The van der Waals surface area contributed by atoms with Gasteiger partial charge in [-0.25, -0.2) is 0 Å². The van der Waals surface area contributed by atoms with Crippen LogP contribution >= 0.6 is 11.3 Å². The highest BCUT2D eigenvalue weighted by atomic mass is 32.1.